The van der Waals surface area contributed by atoms with E-state index in [1.165, 1.54) is 53.7 Å². The van der Waals surface area contributed by atoms with Crippen LogP contribution in [0.2, 0.25) is 10.0 Å². The van der Waals surface area contributed by atoms with Crippen molar-refractivity contribution >= 4 is 66.2 Å². The predicted molar refractivity (Wildman–Crippen MR) is 140 cm³/mol. The standard InChI is InChI=1S/C23H21Cl2N3O6S2/c1-2-35(30,31)28-14-22(34-21-6-4-3-5-20(21)28)23(29)26-16-8-10-17(11-9-16)36(32,33)27-19-12-7-15(24)13-18(19)25/h3-13,22,27H,2,14H2,1H3,(H,26,29)/t22-/m0/s1. The van der Waals surface area contributed by atoms with E-state index in [-0.39, 0.29) is 33.7 Å². The molecule has 1 amide bonds. The quantitative estimate of drug-likeness (QED) is 0.436. The number of nitrogens with one attached hydrogen (secondary N) is 2. The van der Waals surface area contributed by atoms with E-state index < -0.39 is 32.1 Å². The van der Waals surface area contributed by atoms with E-state index >= 15 is 0 Å². The Morgan fingerprint density at radius 2 is 1.72 bits per heavy atom. The van der Waals surface area contributed by atoms with Crippen LogP contribution in [-0.2, 0) is 24.8 Å². The lowest BCUT2D eigenvalue weighted by atomic mass is 10.2. The first-order chi connectivity index (χ1) is 17.0. The van der Waals surface area contributed by atoms with E-state index in [2.05, 4.69) is 10.0 Å². The molecule has 1 aliphatic heterocycles. The summed E-state index contributed by atoms with van der Waals surface area (Å²) < 4.78 is 60.0. The number of amides is 1. The van der Waals surface area contributed by atoms with Crippen molar-refractivity contribution < 1.29 is 26.4 Å². The molecule has 0 fully saturated rings. The molecule has 2 N–H and O–H groups in total. The molecular weight excluding hydrogens is 549 g/mol. The van der Waals surface area contributed by atoms with Gasteiger partial charge in [-0.25, -0.2) is 16.8 Å². The molecule has 3 aromatic carbocycles. The van der Waals surface area contributed by atoms with Gasteiger partial charge in [-0.05, 0) is 61.5 Å². The maximum atomic E-state index is 12.9. The first-order valence-corrected chi connectivity index (χ1v) is 14.5. The number of anilines is 3. The highest BCUT2D eigenvalue weighted by molar-refractivity contribution is 7.93. The highest BCUT2D eigenvalue weighted by Gasteiger charge is 2.36. The summed E-state index contributed by atoms with van der Waals surface area (Å²) in [5.74, 6) is -0.447. The molecule has 1 heterocycles. The molecule has 0 radical (unpaired) electrons. The fourth-order valence-electron chi connectivity index (χ4n) is 3.47. The zero-order valence-corrected chi connectivity index (χ0v) is 22.0. The van der Waals surface area contributed by atoms with E-state index in [4.69, 9.17) is 27.9 Å². The maximum absolute atomic E-state index is 12.9. The van der Waals surface area contributed by atoms with Crippen LogP contribution in [0.25, 0.3) is 0 Å². The Morgan fingerprint density at radius 3 is 2.39 bits per heavy atom. The van der Waals surface area contributed by atoms with Crippen LogP contribution in [0.1, 0.15) is 6.92 Å². The van der Waals surface area contributed by atoms with Crippen molar-refractivity contribution in [3.63, 3.8) is 0 Å². The summed E-state index contributed by atoms with van der Waals surface area (Å²) in [6.45, 7) is 1.32. The molecule has 0 bridgehead atoms. The second-order valence-electron chi connectivity index (χ2n) is 7.75. The second-order valence-corrected chi connectivity index (χ2v) is 12.5. The molecule has 0 spiro atoms. The highest BCUT2D eigenvalue weighted by atomic mass is 35.5. The zero-order valence-electron chi connectivity index (χ0n) is 18.8. The summed E-state index contributed by atoms with van der Waals surface area (Å²) in [5, 5.41) is 3.15. The molecule has 0 saturated heterocycles. The number of carbonyl (C=O) groups excluding carboxylic acids is 1. The van der Waals surface area contributed by atoms with Crippen LogP contribution in [0.15, 0.2) is 71.6 Å². The number of hydrogen-bond donors (Lipinski definition) is 2. The Balaban J connectivity index is 1.49. The number of ether oxygens (including phenoxy) is 1. The summed E-state index contributed by atoms with van der Waals surface area (Å²) in [6.07, 6.45) is -1.11. The topological polar surface area (TPSA) is 122 Å². The lowest BCUT2D eigenvalue weighted by Crippen LogP contribution is -2.49. The third-order valence-corrected chi connectivity index (χ3v) is 9.01. The Bertz CT molecular complexity index is 1510. The summed E-state index contributed by atoms with van der Waals surface area (Å²) in [5.41, 5.74) is 0.835. The van der Waals surface area contributed by atoms with Gasteiger partial charge in [0.15, 0.2) is 6.10 Å². The molecule has 13 heteroatoms. The number of rotatable bonds is 7. The number of halogens is 2. The highest BCUT2D eigenvalue weighted by Crippen LogP contribution is 2.35. The fraction of sp³-hybridized carbons (Fsp3) is 0.174. The largest absolute Gasteiger partial charge is 0.476 e. The van der Waals surface area contributed by atoms with Gasteiger partial charge in [0.2, 0.25) is 10.0 Å². The van der Waals surface area contributed by atoms with E-state index in [1.807, 2.05) is 0 Å². The van der Waals surface area contributed by atoms with Crippen LogP contribution in [0, 0.1) is 0 Å². The maximum Gasteiger partial charge on any atom is 0.267 e. The summed E-state index contributed by atoms with van der Waals surface area (Å²) in [4.78, 5) is 12.9. The zero-order chi connectivity index (χ0) is 26.1. The Hall–Kier alpha value is -2.99. The number of para-hydroxylation sites is 2. The fourth-order valence-corrected chi connectivity index (χ4v) is 6.19. The van der Waals surface area contributed by atoms with E-state index in [0.29, 0.717) is 16.4 Å². The van der Waals surface area contributed by atoms with Gasteiger partial charge in [0, 0.05) is 10.7 Å². The van der Waals surface area contributed by atoms with Crippen LogP contribution in [0.3, 0.4) is 0 Å². The third kappa shape index (κ3) is 5.54. The van der Waals surface area contributed by atoms with Crippen LogP contribution >= 0.6 is 23.2 Å². The number of fused-ring (bicyclic) bond motifs is 1. The molecule has 0 aromatic heterocycles. The minimum atomic E-state index is -3.96. The number of nitrogens with zero attached hydrogens (tertiary/aromatic N) is 1. The summed E-state index contributed by atoms with van der Waals surface area (Å²) in [7, 11) is -7.61. The smallest absolute Gasteiger partial charge is 0.267 e. The molecule has 190 valence electrons. The molecule has 3 aromatic rings. The monoisotopic (exact) mass is 569 g/mol. The van der Waals surface area contributed by atoms with Gasteiger partial charge in [0.1, 0.15) is 5.75 Å². The lowest BCUT2D eigenvalue weighted by molar-refractivity contribution is -0.122. The molecule has 0 saturated carbocycles. The molecule has 0 aliphatic carbocycles. The van der Waals surface area contributed by atoms with Gasteiger partial charge in [-0.2, -0.15) is 0 Å². The van der Waals surface area contributed by atoms with Gasteiger partial charge in [-0.3, -0.25) is 13.8 Å². The van der Waals surface area contributed by atoms with Gasteiger partial charge in [0.25, 0.3) is 15.9 Å². The summed E-state index contributed by atoms with van der Waals surface area (Å²) >= 11 is 11.9. The molecular formula is C23H21Cl2N3O6S2. The Labute approximate surface area is 219 Å². The van der Waals surface area contributed by atoms with Gasteiger partial charge >= 0.3 is 0 Å². The summed E-state index contributed by atoms with van der Waals surface area (Å²) in [6, 6.07) is 16.4. The average molecular weight is 570 g/mol. The van der Waals surface area contributed by atoms with E-state index in [0.717, 1.165) is 0 Å². The SMILES string of the molecule is CCS(=O)(=O)N1C[C@@H](C(=O)Nc2ccc(S(=O)(=O)Nc3ccc(Cl)cc3Cl)cc2)Oc2ccccc21. The van der Waals surface area contributed by atoms with Gasteiger partial charge in [-0.15, -0.1) is 0 Å². The van der Waals surface area contributed by atoms with Crippen LogP contribution in [0.4, 0.5) is 17.1 Å². The normalized spacial score (nSPS) is 15.5. The first kappa shape index (κ1) is 26.1. The Kier molecular flexibility index (Phi) is 7.37. The number of carbonyl (C=O) groups is 1. The van der Waals surface area contributed by atoms with Crippen molar-refractivity contribution in [2.24, 2.45) is 0 Å². The molecule has 4 rings (SSSR count). The molecule has 36 heavy (non-hydrogen) atoms. The van der Waals surface area contributed by atoms with E-state index in [9.17, 15) is 21.6 Å². The van der Waals surface area contributed by atoms with Crippen LogP contribution in [-0.4, -0.2) is 41.1 Å². The van der Waals surface area contributed by atoms with Crippen molar-refractivity contribution in [1.29, 1.82) is 0 Å². The van der Waals surface area contributed by atoms with E-state index in [1.54, 1.807) is 24.3 Å². The lowest BCUT2D eigenvalue weighted by Gasteiger charge is -2.34. The number of sulfonamides is 2. The van der Waals surface area contributed by atoms with Crippen LogP contribution < -0.4 is 19.1 Å². The number of hydrogen-bond acceptors (Lipinski definition) is 6. The average Bonchev–Trinajstić information content (AvgIpc) is 2.85. The molecule has 0 unspecified atom stereocenters. The molecule has 1 atom stereocenters. The molecule has 9 nitrogen and oxygen atoms in total. The van der Waals surface area contributed by atoms with Crippen molar-refractivity contribution in [2.75, 3.05) is 26.6 Å². The third-order valence-electron chi connectivity index (χ3n) is 5.34. The van der Waals surface area contributed by atoms with Crippen molar-refractivity contribution in [2.45, 2.75) is 17.9 Å². The minimum absolute atomic E-state index is 0.0606. The predicted octanol–water partition coefficient (Wildman–Crippen LogP) is 4.35. The van der Waals surface area contributed by atoms with Crippen molar-refractivity contribution in [3.05, 3.63) is 76.8 Å². The van der Waals surface area contributed by atoms with Gasteiger partial charge in [-0.1, -0.05) is 35.3 Å². The van der Waals surface area contributed by atoms with Crippen molar-refractivity contribution in [1.82, 2.24) is 0 Å². The van der Waals surface area contributed by atoms with Crippen molar-refractivity contribution in [3.8, 4) is 5.75 Å². The minimum Gasteiger partial charge on any atom is -0.476 e. The molecule has 1 aliphatic rings. The first-order valence-electron chi connectivity index (χ1n) is 10.6. The Morgan fingerprint density at radius 1 is 1.03 bits per heavy atom. The van der Waals surface area contributed by atoms with Gasteiger partial charge in [0.05, 0.1) is 33.6 Å². The van der Waals surface area contributed by atoms with Gasteiger partial charge < -0.3 is 10.1 Å². The second kappa shape index (κ2) is 10.2. The number of benzene rings is 3. The van der Waals surface area contributed by atoms with Crippen LogP contribution in [0.5, 0.6) is 5.75 Å².